The van der Waals surface area contributed by atoms with Gasteiger partial charge in [0, 0.05) is 50.3 Å². The third kappa shape index (κ3) is 4.32. The van der Waals surface area contributed by atoms with Crippen LogP contribution in [0.5, 0.6) is 0 Å². The third-order valence-electron chi connectivity index (χ3n) is 9.59. The van der Waals surface area contributed by atoms with E-state index < -0.39 is 0 Å². The van der Waals surface area contributed by atoms with Crippen LogP contribution in [0.4, 0.5) is 22.7 Å². The molecule has 0 heterocycles. The number of hydrogen-bond donors (Lipinski definition) is 0. The molecule has 0 bridgehead atoms. The summed E-state index contributed by atoms with van der Waals surface area (Å²) in [5.74, 6) is 0. The van der Waals surface area contributed by atoms with Crippen molar-refractivity contribution in [3.05, 3.63) is 187 Å². The highest BCUT2D eigenvalue weighted by Gasteiger charge is 2.67. The second kappa shape index (κ2) is 11.3. The molecule has 0 amide bonds. The Morgan fingerprint density at radius 2 is 1.42 bits per heavy atom. The Morgan fingerprint density at radius 1 is 0.733 bits per heavy atom. The Labute approximate surface area is 267 Å². The molecule has 0 N–H and O–H groups in total. The van der Waals surface area contributed by atoms with Crippen molar-refractivity contribution < 1.29 is 0 Å². The maximum absolute atomic E-state index is 4.45. The molecule has 4 aliphatic rings. The van der Waals surface area contributed by atoms with Gasteiger partial charge in [-0.1, -0.05) is 130 Å². The minimum absolute atomic E-state index is 0.0517. The molecule has 2 nitrogen and oxygen atoms in total. The predicted molar refractivity (Wildman–Crippen MR) is 195 cm³/mol. The molecular weight excluding hydrogens is 544 g/mol. The lowest BCUT2D eigenvalue weighted by Crippen LogP contribution is -2.29. The quantitative estimate of drug-likeness (QED) is 0.219. The molecule has 45 heavy (non-hydrogen) atoms. The molecule has 1 fully saturated rings. The van der Waals surface area contributed by atoms with E-state index in [-0.39, 0.29) is 10.8 Å². The summed E-state index contributed by atoms with van der Waals surface area (Å²) in [6.07, 6.45) is 33.7. The van der Waals surface area contributed by atoms with Gasteiger partial charge in [0.1, 0.15) is 0 Å². The van der Waals surface area contributed by atoms with Crippen molar-refractivity contribution in [2.75, 3.05) is 9.80 Å². The van der Waals surface area contributed by atoms with Crippen LogP contribution < -0.4 is 9.80 Å². The van der Waals surface area contributed by atoms with E-state index in [9.17, 15) is 0 Å². The van der Waals surface area contributed by atoms with Crippen LogP contribution in [-0.2, 0) is 5.41 Å². The fourth-order valence-electron chi connectivity index (χ4n) is 7.56. The van der Waals surface area contributed by atoms with Gasteiger partial charge in [-0.3, -0.25) is 0 Å². The van der Waals surface area contributed by atoms with E-state index in [4.69, 9.17) is 0 Å². The first-order valence-corrected chi connectivity index (χ1v) is 15.7. The molecule has 3 aromatic carbocycles. The zero-order valence-corrected chi connectivity index (χ0v) is 25.7. The summed E-state index contributed by atoms with van der Waals surface area (Å²) in [5.41, 5.74) is 10.8. The zero-order chi connectivity index (χ0) is 31.0. The number of hydrogen-bond acceptors (Lipinski definition) is 2. The highest BCUT2D eigenvalue weighted by molar-refractivity contribution is 6.00. The number of allylic oxidation sites excluding steroid dienone is 11. The smallest absolute Gasteiger partial charge is 0.0616 e. The van der Waals surface area contributed by atoms with Crippen molar-refractivity contribution in [1.82, 2.24) is 0 Å². The summed E-state index contributed by atoms with van der Waals surface area (Å²) < 4.78 is 0. The van der Waals surface area contributed by atoms with Crippen LogP contribution in [-0.4, -0.2) is 0 Å². The first kappa shape index (κ1) is 28.4. The van der Waals surface area contributed by atoms with E-state index in [1.165, 1.54) is 16.8 Å². The lowest BCUT2D eigenvalue weighted by Gasteiger charge is -2.40. The average Bonchev–Trinajstić information content (AvgIpc) is 3.81. The number of benzene rings is 3. The summed E-state index contributed by atoms with van der Waals surface area (Å²) in [5, 5.41) is 0. The maximum atomic E-state index is 4.45. The molecule has 3 aromatic rings. The normalized spacial score (nSPS) is 22.0. The van der Waals surface area contributed by atoms with Gasteiger partial charge < -0.3 is 9.80 Å². The summed E-state index contributed by atoms with van der Waals surface area (Å²) >= 11 is 0. The van der Waals surface area contributed by atoms with Crippen molar-refractivity contribution in [2.45, 2.75) is 24.7 Å². The summed E-state index contributed by atoms with van der Waals surface area (Å²) in [7, 11) is 0. The number of para-hydroxylation sites is 2. The Kier molecular flexibility index (Phi) is 7.14. The van der Waals surface area contributed by atoms with Gasteiger partial charge in [0.2, 0.25) is 0 Å². The highest BCUT2D eigenvalue weighted by atomic mass is 15.2. The molecule has 7 rings (SSSR count). The monoisotopic (exact) mass is 582 g/mol. The minimum atomic E-state index is -0.182. The Morgan fingerprint density at radius 3 is 2.07 bits per heavy atom. The van der Waals surface area contributed by atoms with Crippen LogP contribution in [0.25, 0.3) is 18.2 Å². The van der Waals surface area contributed by atoms with Crippen molar-refractivity contribution >= 4 is 41.0 Å². The van der Waals surface area contributed by atoms with Gasteiger partial charge in [-0.25, -0.2) is 0 Å². The molecule has 220 valence electrons. The standard InChI is InChI=1S/C43H38N2/c1-5-20-32(6-2)44(33-21-12-9-13-22-33)40-36(7-3)37(8-4)41(39-38(40)27-30-42-28-18-19-29-43(39,42)31-42)45(34-23-14-10-15-24-34)35-25-16-11-17-26-35/h5-10,12-16,18-30H,1-4,11,17,31H2/b32-20+. The molecule has 0 saturated heterocycles. The molecule has 2 heteroatoms. The SMILES string of the molecule is C=C/C=C(\C=C)N(c1ccccc1)c1c(C=C)c(C=C)c(N(C2=CCCC=C2)c2ccccc2)c2c1C=CC13C=CC=CC21C3. The summed E-state index contributed by atoms with van der Waals surface area (Å²) in [4.78, 5) is 4.75. The number of fused-ring (bicyclic) bond motifs is 1. The maximum Gasteiger partial charge on any atom is 0.0616 e. The lowest BCUT2D eigenvalue weighted by atomic mass is 9.73. The molecule has 2 unspecified atom stereocenters. The Bertz CT molecular complexity index is 1900. The van der Waals surface area contributed by atoms with Gasteiger partial charge in [-0.15, -0.1) is 0 Å². The van der Waals surface area contributed by atoms with Crippen LogP contribution in [0.2, 0.25) is 0 Å². The van der Waals surface area contributed by atoms with Crippen LogP contribution in [0.15, 0.2) is 165 Å². The average molecular weight is 583 g/mol. The Hall–Kier alpha value is -5.34. The first-order chi connectivity index (χ1) is 22.1. The molecule has 1 saturated carbocycles. The topological polar surface area (TPSA) is 6.48 Å². The van der Waals surface area contributed by atoms with E-state index in [2.05, 4.69) is 145 Å². The van der Waals surface area contributed by atoms with Gasteiger partial charge in [-0.2, -0.15) is 0 Å². The van der Waals surface area contributed by atoms with Gasteiger partial charge >= 0.3 is 0 Å². The van der Waals surface area contributed by atoms with Crippen LogP contribution in [0.1, 0.15) is 41.5 Å². The van der Waals surface area contributed by atoms with Crippen LogP contribution >= 0.6 is 0 Å². The molecule has 0 radical (unpaired) electrons. The van der Waals surface area contributed by atoms with Crippen molar-refractivity contribution in [1.29, 1.82) is 0 Å². The molecule has 0 aromatic heterocycles. The second-order valence-corrected chi connectivity index (χ2v) is 11.9. The third-order valence-corrected chi connectivity index (χ3v) is 9.59. The van der Waals surface area contributed by atoms with Gasteiger partial charge in [-0.05, 0) is 67.3 Å². The fraction of sp³-hybridized carbons (Fsp3) is 0.116. The van der Waals surface area contributed by atoms with E-state index in [0.717, 1.165) is 58.8 Å². The summed E-state index contributed by atoms with van der Waals surface area (Å²) in [6, 6.07) is 21.2. The van der Waals surface area contributed by atoms with Crippen LogP contribution in [0.3, 0.4) is 0 Å². The van der Waals surface area contributed by atoms with Crippen molar-refractivity contribution in [3.8, 4) is 0 Å². The molecule has 0 aliphatic heterocycles. The fourth-order valence-corrected chi connectivity index (χ4v) is 7.56. The van der Waals surface area contributed by atoms with Gasteiger partial charge in [0.05, 0.1) is 11.4 Å². The van der Waals surface area contributed by atoms with E-state index >= 15 is 0 Å². The van der Waals surface area contributed by atoms with Gasteiger partial charge in [0.15, 0.2) is 0 Å². The Balaban J connectivity index is 1.66. The van der Waals surface area contributed by atoms with Crippen molar-refractivity contribution in [3.63, 3.8) is 0 Å². The number of anilines is 4. The number of nitrogens with zero attached hydrogens (tertiary/aromatic N) is 2. The van der Waals surface area contributed by atoms with E-state index in [0.29, 0.717) is 0 Å². The minimum Gasteiger partial charge on any atom is -0.310 e. The van der Waals surface area contributed by atoms with E-state index in [1.807, 2.05) is 36.4 Å². The molecule has 4 aliphatic carbocycles. The van der Waals surface area contributed by atoms with E-state index in [1.54, 1.807) is 0 Å². The highest BCUT2D eigenvalue weighted by Crippen LogP contribution is 2.74. The first-order valence-electron chi connectivity index (χ1n) is 15.7. The van der Waals surface area contributed by atoms with Gasteiger partial charge in [0.25, 0.3) is 0 Å². The van der Waals surface area contributed by atoms with Crippen molar-refractivity contribution in [2.24, 2.45) is 5.41 Å². The lowest BCUT2D eigenvalue weighted by molar-refractivity contribution is 0.689. The molecule has 2 atom stereocenters. The zero-order valence-electron chi connectivity index (χ0n) is 25.7. The predicted octanol–water partition coefficient (Wildman–Crippen LogP) is 11.5. The summed E-state index contributed by atoms with van der Waals surface area (Å²) in [6.45, 7) is 17.1. The van der Waals surface area contributed by atoms with Crippen LogP contribution in [0, 0.1) is 5.41 Å². The molecule has 0 spiro atoms. The second-order valence-electron chi connectivity index (χ2n) is 11.9. The number of rotatable bonds is 10. The molecular formula is C43H38N2. The largest absolute Gasteiger partial charge is 0.310 e.